The molecule has 1 aromatic rings. The van der Waals surface area contributed by atoms with Crippen molar-refractivity contribution in [3.05, 3.63) is 29.3 Å². The van der Waals surface area contributed by atoms with Crippen molar-refractivity contribution >= 4 is 5.69 Å². The number of nitrogens with zero attached hydrogens (tertiary/aromatic N) is 2. The molecular weight excluding hydrogens is 272 g/mol. The SMILES string of the molecule is CCC1CN(c2ccc(C(C)(C)O)cc2C(C)(C)C)CC[N]1. The lowest BCUT2D eigenvalue weighted by atomic mass is 9.82. The summed E-state index contributed by atoms with van der Waals surface area (Å²) in [5.74, 6) is 0. The van der Waals surface area contributed by atoms with Crippen LogP contribution in [0.3, 0.4) is 0 Å². The minimum Gasteiger partial charge on any atom is -0.386 e. The first kappa shape index (κ1) is 17.3. The number of aliphatic hydroxyl groups is 1. The lowest BCUT2D eigenvalue weighted by molar-refractivity contribution is 0.0784. The largest absolute Gasteiger partial charge is 0.386 e. The van der Waals surface area contributed by atoms with Crippen molar-refractivity contribution < 1.29 is 5.11 Å². The predicted octanol–water partition coefficient (Wildman–Crippen LogP) is 3.41. The molecule has 3 heteroatoms. The molecule has 1 heterocycles. The van der Waals surface area contributed by atoms with Crippen LogP contribution in [0.2, 0.25) is 0 Å². The summed E-state index contributed by atoms with van der Waals surface area (Å²) in [6, 6.07) is 6.88. The van der Waals surface area contributed by atoms with Gasteiger partial charge in [0.2, 0.25) is 0 Å². The van der Waals surface area contributed by atoms with Crippen LogP contribution in [0.15, 0.2) is 18.2 Å². The fraction of sp³-hybridized carbons (Fsp3) is 0.684. The first-order valence-electron chi connectivity index (χ1n) is 8.42. The van der Waals surface area contributed by atoms with Crippen molar-refractivity contribution in [2.75, 3.05) is 24.5 Å². The standard InChI is InChI=1S/C19H31N2O/c1-7-15-13-21(11-10-20-15)17-9-8-14(19(5,6)22)12-16(17)18(2,3)4/h8-9,12,15,22H,7,10-11,13H2,1-6H3. The van der Waals surface area contributed by atoms with Gasteiger partial charge in [-0.3, -0.25) is 0 Å². The first-order chi connectivity index (χ1) is 10.1. The third-order valence-corrected chi connectivity index (χ3v) is 4.51. The van der Waals surface area contributed by atoms with E-state index in [-0.39, 0.29) is 5.41 Å². The van der Waals surface area contributed by atoms with E-state index in [1.807, 2.05) is 13.8 Å². The fourth-order valence-corrected chi connectivity index (χ4v) is 3.03. The summed E-state index contributed by atoms with van der Waals surface area (Å²) in [4.78, 5) is 2.47. The molecule has 1 saturated heterocycles. The molecule has 0 aliphatic carbocycles. The van der Waals surface area contributed by atoms with Gasteiger partial charge in [-0.2, -0.15) is 0 Å². The Labute approximate surface area is 135 Å². The zero-order valence-electron chi connectivity index (χ0n) is 15.0. The molecule has 1 aliphatic heterocycles. The number of piperazine rings is 1. The quantitative estimate of drug-likeness (QED) is 0.929. The summed E-state index contributed by atoms with van der Waals surface area (Å²) in [5, 5.41) is 15.0. The number of hydrogen-bond donors (Lipinski definition) is 1. The molecular formula is C19H31N2O. The Morgan fingerprint density at radius 2 is 1.91 bits per heavy atom. The van der Waals surface area contributed by atoms with Crippen LogP contribution in [-0.2, 0) is 11.0 Å². The van der Waals surface area contributed by atoms with E-state index in [0.717, 1.165) is 31.6 Å². The van der Waals surface area contributed by atoms with Gasteiger partial charge >= 0.3 is 0 Å². The molecule has 0 aromatic heterocycles. The van der Waals surface area contributed by atoms with E-state index in [1.165, 1.54) is 11.3 Å². The average Bonchev–Trinajstić information content (AvgIpc) is 2.45. The fourth-order valence-electron chi connectivity index (χ4n) is 3.03. The van der Waals surface area contributed by atoms with Crippen LogP contribution in [0.25, 0.3) is 0 Å². The minimum absolute atomic E-state index is 0.0485. The van der Waals surface area contributed by atoms with Crippen molar-refractivity contribution in [2.24, 2.45) is 0 Å². The molecule has 2 rings (SSSR count). The summed E-state index contributed by atoms with van der Waals surface area (Å²) < 4.78 is 0. The highest BCUT2D eigenvalue weighted by molar-refractivity contribution is 5.58. The highest BCUT2D eigenvalue weighted by atomic mass is 16.3. The number of anilines is 1. The number of rotatable bonds is 3. The third-order valence-electron chi connectivity index (χ3n) is 4.51. The molecule has 0 amide bonds. The van der Waals surface area contributed by atoms with Gasteiger partial charge in [0, 0.05) is 31.4 Å². The molecule has 22 heavy (non-hydrogen) atoms. The zero-order chi connectivity index (χ0) is 16.5. The maximum atomic E-state index is 10.3. The monoisotopic (exact) mass is 303 g/mol. The second-order valence-corrected chi connectivity index (χ2v) is 7.96. The molecule has 0 bridgehead atoms. The molecule has 0 saturated carbocycles. The zero-order valence-corrected chi connectivity index (χ0v) is 15.0. The third kappa shape index (κ3) is 3.82. The Kier molecular flexibility index (Phi) is 4.88. The van der Waals surface area contributed by atoms with Crippen molar-refractivity contribution in [3.8, 4) is 0 Å². The highest BCUT2D eigenvalue weighted by Gasteiger charge is 2.27. The maximum Gasteiger partial charge on any atom is 0.0840 e. The molecule has 1 aromatic carbocycles. The van der Waals surface area contributed by atoms with Crippen LogP contribution in [0.5, 0.6) is 0 Å². The van der Waals surface area contributed by atoms with Crippen LogP contribution in [0.4, 0.5) is 5.69 Å². The van der Waals surface area contributed by atoms with Crippen LogP contribution in [0.1, 0.15) is 59.1 Å². The Morgan fingerprint density at radius 3 is 2.45 bits per heavy atom. The van der Waals surface area contributed by atoms with E-state index in [9.17, 15) is 5.11 Å². The van der Waals surface area contributed by atoms with Crippen molar-refractivity contribution in [2.45, 2.75) is 65.0 Å². The highest BCUT2D eigenvalue weighted by Crippen LogP contribution is 2.36. The molecule has 1 N–H and O–H groups in total. The van der Waals surface area contributed by atoms with Gasteiger partial charge in [0.25, 0.3) is 0 Å². The van der Waals surface area contributed by atoms with Gasteiger partial charge in [0.15, 0.2) is 0 Å². The Balaban J connectivity index is 2.42. The van der Waals surface area contributed by atoms with Crippen molar-refractivity contribution in [1.82, 2.24) is 5.32 Å². The predicted molar refractivity (Wildman–Crippen MR) is 93.7 cm³/mol. The van der Waals surface area contributed by atoms with E-state index in [0.29, 0.717) is 6.04 Å². The second kappa shape index (κ2) is 6.21. The molecule has 1 unspecified atom stereocenters. The molecule has 3 nitrogen and oxygen atoms in total. The summed E-state index contributed by atoms with van der Waals surface area (Å²) in [6.07, 6.45) is 1.10. The van der Waals surface area contributed by atoms with Crippen LogP contribution >= 0.6 is 0 Å². The maximum absolute atomic E-state index is 10.3. The lowest BCUT2D eigenvalue weighted by Gasteiger charge is -2.38. The lowest BCUT2D eigenvalue weighted by Crippen LogP contribution is -2.47. The van der Waals surface area contributed by atoms with Crippen molar-refractivity contribution in [3.63, 3.8) is 0 Å². The molecule has 1 atom stereocenters. The van der Waals surface area contributed by atoms with Gasteiger partial charge in [-0.25, -0.2) is 5.32 Å². The van der Waals surface area contributed by atoms with E-state index in [4.69, 9.17) is 5.32 Å². The summed E-state index contributed by atoms with van der Waals surface area (Å²) in [5.41, 5.74) is 2.84. The molecule has 0 spiro atoms. The van der Waals surface area contributed by atoms with Crippen molar-refractivity contribution in [1.29, 1.82) is 0 Å². The molecule has 123 valence electrons. The van der Waals surface area contributed by atoms with E-state index in [1.54, 1.807) is 0 Å². The molecule has 1 fully saturated rings. The van der Waals surface area contributed by atoms with Gasteiger partial charge in [-0.1, -0.05) is 39.8 Å². The van der Waals surface area contributed by atoms with E-state index >= 15 is 0 Å². The van der Waals surface area contributed by atoms with Gasteiger partial charge in [0.1, 0.15) is 0 Å². The normalized spacial score (nSPS) is 20.3. The van der Waals surface area contributed by atoms with Gasteiger partial charge in [-0.15, -0.1) is 0 Å². The van der Waals surface area contributed by atoms with Crippen LogP contribution in [0, 0.1) is 0 Å². The van der Waals surface area contributed by atoms with Gasteiger partial charge in [0.05, 0.1) is 5.60 Å². The molecule has 1 aliphatic rings. The second-order valence-electron chi connectivity index (χ2n) is 7.96. The van der Waals surface area contributed by atoms with Crippen LogP contribution in [-0.4, -0.2) is 30.8 Å². The summed E-state index contributed by atoms with van der Waals surface area (Å²) >= 11 is 0. The number of benzene rings is 1. The summed E-state index contributed by atoms with van der Waals surface area (Å²) in [7, 11) is 0. The van der Waals surface area contributed by atoms with Gasteiger partial charge in [-0.05, 0) is 42.9 Å². The Morgan fingerprint density at radius 1 is 1.23 bits per heavy atom. The van der Waals surface area contributed by atoms with E-state index < -0.39 is 5.60 Å². The minimum atomic E-state index is -0.804. The van der Waals surface area contributed by atoms with Gasteiger partial charge < -0.3 is 10.0 Å². The smallest absolute Gasteiger partial charge is 0.0840 e. The average molecular weight is 303 g/mol. The topological polar surface area (TPSA) is 37.6 Å². The summed E-state index contributed by atoms with van der Waals surface area (Å²) in [6.45, 7) is 15.5. The first-order valence-corrected chi connectivity index (χ1v) is 8.42. The van der Waals surface area contributed by atoms with E-state index in [2.05, 4.69) is 50.8 Å². The Bertz CT molecular complexity index is 511. The van der Waals surface area contributed by atoms with Crippen LogP contribution < -0.4 is 10.2 Å². The molecule has 1 radical (unpaired) electrons. The number of hydrogen-bond acceptors (Lipinski definition) is 2. The Hall–Kier alpha value is -1.06.